The van der Waals surface area contributed by atoms with Gasteiger partial charge in [0.15, 0.2) is 0 Å². The number of rotatable bonds is 10. The van der Waals surface area contributed by atoms with Crippen LogP contribution in [-0.4, -0.2) is 85.3 Å². The SMILES string of the molecule is CN(CCC1CC(C(F)(F)F)CC(C(F)(F)F)C1)C(=O)C(C1CCCCC1)N1CCC(N(C)CCC2CCCCC2)CC1. The first-order valence-electron chi connectivity index (χ1n) is 17.2. The van der Waals surface area contributed by atoms with E-state index in [4.69, 9.17) is 0 Å². The lowest BCUT2D eigenvalue weighted by atomic mass is 9.73. The van der Waals surface area contributed by atoms with Crippen molar-refractivity contribution >= 4 is 5.91 Å². The van der Waals surface area contributed by atoms with Gasteiger partial charge in [-0.25, -0.2) is 0 Å². The Bertz CT molecular complexity index is 825. The lowest BCUT2D eigenvalue weighted by Gasteiger charge is -2.44. The van der Waals surface area contributed by atoms with Crippen LogP contribution in [0.5, 0.6) is 0 Å². The highest BCUT2D eigenvalue weighted by atomic mass is 19.4. The van der Waals surface area contributed by atoms with Gasteiger partial charge in [-0.2, -0.15) is 26.3 Å². The smallest absolute Gasteiger partial charge is 0.344 e. The number of nitrogens with zero attached hydrogens (tertiary/aromatic N) is 3. The first-order valence-corrected chi connectivity index (χ1v) is 17.2. The number of amides is 1. The number of carbonyl (C=O) groups excluding carboxylic acids is 1. The maximum atomic E-state index is 14.0. The number of piperidine rings is 1. The van der Waals surface area contributed by atoms with Crippen LogP contribution >= 0.6 is 0 Å². The summed E-state index contributed by atoms with van der Waals surface area (Å²) < 4.78 is 80.9. The summed E-state index contributed by atoms with van der Waals surface area (Å²) >= 11 is 0. The molecular formula is C33H55F6N3O. The van der Waals surface area contributed by atoms with Gasteiger partial charge < -0.3 is 9.80 Å². The van der Waals surface area contributed by atoms with Crippen molar-refractivity contribution in [2.45, 2.75) is 134 Å². The minimum atomic E-state index is -4.63. The topological polar surface area (TPSA) is 26.8 Å². The number of carbonyl (C=O) groups is 1. The highest BCUT2D eigenvalue weighted by molar-refractivity contribution is 5.82. The average Bonchev–Trinajstić information content (AvgIpc) is 2.99. The van der Waals surface area contributed by atoms with E-state index in [-0.39, 0.29) is 43.7 Å². The quantitative estimate of drug-likeness (QED) is 0.229. The van der Waals surface area contributed by atoms with Gasteiger partial charge >= 0.3 is 12.4 Å². The molecular weight excluding hydrogens is 568 g/mol. The number of hydrogen-bond acceptors (Lipinski definition) is 3. The predicted molar refractivity (Wildman–Crippen MR) is 157 cm³/mol. The van der Waals surface area contributed by atoms with Crippen molar-refractivity contribution in [3.8, 4) is 0 Å². The van der Waals surface area contributed by atoms with Crippen molar-refractivity contribution in [1.82, 2.24) is 14.7 Å². The highest BCUT2D eigenvalue weighted by Crippen LogP contribution is 2.48. The summed E-state index contributed by atoms with van der Waals surface area (Å²) in [6.07, 6.45) is 4.91. The molecule has 0 aromatic rings. The zero-order valence-corrected chi connectivity index (χ0v) is 26.4. The maximum absolute atomic E-state index is 14.0. The predicted octanol–water partition coefficient (Wildman–Crippen LogP) is 8.31. The van der Waals surface area contributed by atoms with E-state index >= 15 is 0 Å². The van der Waals surface area contributed by atoms with Crippen LogP contribution in [0.2, 0.25) is 0 Å². The summed E-state index contributed by atoms with van der Waals surface area (Å²) in [6, 6.07) is 0.255. The molecule has 0 radical (unpaired) electrons. The fourth-order valence-electron chi connectivity index (χ4n) is 8.67. The van der Waals surface area contributed by atoms with Gasteiger partial charge in [-0.15, -0.1) is 0 Å². The molecule has 0 spiro atoms. The van der Waals surface area contributed by atoms with Gasteiger partial charge in [0.1, 0.15) is 0 Å². The molecule has 1 aliphatic heterocycles. The molecule has 4 nitrogen and oxygen atoms in total. The molecule has 250 valence electrons. The van der Waals surface area contributed by atoms with E-state index < -0.39 is 36.5 Å². The molecule has 4 fully saturated rings. The van der Waals surface area contributed by atoms with Gasteiger partial charge in [-0.05, 0) is 89.1 Å². The molecule has 3 aliphatic carbocycles. The summed E-state index contributed by atoms with van der Waals surface area (Å²) in [6.45, 7) is 3.02. The van der Waals surface area contributed by atoms with Crippen LogP contribution in [0.25, 0.3) is 0 Å². The molecule has 3 unspecified atom stereocenters. The first-order chi connectivity index (χ1) is 20.3. The Morgan fingerprint density at radius 3 is 1.74 bits per heavy atom. The van der Waals surface area contributed by atoms with Crippen LogP contribution in [0, 0.1) is 29.6 Å². The van der Waals surface area contributed by atoms with Crippen molar-refractivity contribution in [2.24, 2.45) is 29.6 Å². The molecule has 0 N–H and O–H groups in total. The molecule has 10 heteroatoms. The summed E-state index contributed by atoms with van der Waals surface area (Å²) in [5.74, 6) is -3.47. The van der Waals surface area contributed by atoms with Crippen molar-refractivity contribution in [3.63, 3.8) is 0 Å². The minimum absolute atomic E-state index is 0.00782. The Labute approximate surface area is 255 Å². The van der Waals surface area contributed by atoms with E-state index in [1.807, 2.05) is 0 Å². The summed E-state index contributed by atoms with van der Waals surface area (Å²) in [5.41, 5.74) is 0. The zero-order chi connectivity index (χ0) is 31.2. The fraction of sp³-hybridized carbons (Fsp3) is 0.970. The largest absolute Gasteiger partial charge is 0.391 e. The van der Waals surface area contributed by atoms with Gasteiger partial charge in [0.05, 0.1) is 17.9 Å². The van der Waals surface area contributed by atoms with Crippen LogP contribution in [0.1, 0.15) is 109 Å². The van der Waals surface area contributed by atoms with Crippen LogP contribution in [0.15, 0.2) is 0 Å². The molecule has 1 amide bonds. The standard InChI is InChI=1S/C33H55F6N3O/c1-40(17-13-24-9-5-3-6-10-24)29-15-19-42(20-16-29)30(26-11-7-4-8-12-26)31(43)41(2)18-14-25-21-27(32(34,35)36)23-28(22-25)33(37,38)39/h24-30H,3-23H2,1-2H3. The zero-order valence-electron chi connectivity index (χ0n) is 26.4. The van der Waals surface area contributed by atoms with Gasteiger partial charge in [-0.1, -0.05) is 51.4 Å². The third-order valence-electron chi connectivity index (χ3n) is 11.5. The lowest BCUT2D eigenvalue weighted by Crippen LogP contribution is -2.56. The van der Waals surface area contributed by atoms with Gasteiger partial charge in [0.25, 0.3) is 0 Å². The molecule has 4 aliphatic rings. The van der Waals surface area contributed by atoms with Crippen molar-refractivity contribution in [2.75, 3.05) is 40.3 Å². The third-order valence-corrected chi connectivity index (χ3v) is 11.5. The average molecular weight is 624 g/mol. The third kappa shape index (κ3) is 9.98. The van der Waals surface area contributed by atoms with E-state index in [0.717, 1.165) is 64.1 Å². The molecule has 3 atom stereocenters. The summed E-state index contributed by atoms with van der Waals surface area (Å²) in [5, 5.41) is 0. The fourth-order valence-corrected chi connectivity index (χ4v) is 8.67. The monoisotopic (exact) mass is 623 g/mol. The molecule has 0 aromatic carbocycles. The molecule has 4 rings (SSSR count). The number of alkyl halides is 6. The Balaban J connectivity index is 1.33. The second kappa shape index (κ2) is 15.5. The molecule has 1 saturated heterocycles. The Morgan fingerprint density at radius 1 is 0.698 bits per heavy atom. The summed E-state index contributed by atoms with van der Waals surface area (Å²) in [7, 11) is 3.92. The first kappa shape index (κ1) is 34.8. The second-order valence-corrected chi connectivity index (χ2v) is 14.5. The van der Waals surface area contributed by atoms with E-state index in [1.165, 1.54) is 44.9 Å². The molecule has 43 heavy (non-hydrogen) atoms. The maximum Gasteiger partial charge on any atom is 0.391 e. The van der Waals surface area contributed by atoms with Crippen molar-refractivity contribution < 1.29 is 31.1 Å². The summed E-state index contributed by atoms with van der Waals surface area (Å²) in [4.78, 5) is 20.4. The van der Waals surface area contributed by atoms with E-state index in [9.17, 15) is 31.1 Å². The van der Waals surface area contributed by atoms with Crippen LogP contribution in [-0.2, 0) is 4.79 Å². The Morgan fingerprint density at radius 2 is 1.21 bits per heavy atom. The molecule has 0 aromatic heterocycles. The normalized spacial score (nSPS) is 28.7. The number of likely N-dealkylation sites (tertiary alicyclic amines) is 1. The van der Waals surface area contributed by atoms with Crippen molar-refractivity contribution in [3.05, 3.63) is 0 Å². The van der Waals surface area contributed by atoms with E-state index in [1.54, 1.807) is 11.9 Å². The second-order valence-electron chi connectivity index (χ2n) is 14.5. The number of halogens is 6. The van der Waals surface area contributed by atoms with Crippen LogP contribution in [0.3, 0.4) is 0 Å². The lowest BCUT2D eigenvalue weighted by molar-refractivity contribution is -0.229. The van der Waals surface area contributed by atoms with Gasteiger partial charge in [0.2, 0.25) is 5.91 Å². The number of hydrogen-bond donors (Lipinski definition) is 0. The van der Waals surface area contributed by atoms with E-state index in [0.29, 0.717) is 6.04 Å². The van der Waals surface area contributed by atoms with Gasteiger partial charge in [0, 0.05) is 32.7 Å². The Hall–Kier alpha value is -1.03. The Kier molecular flexibility index (Phi) is 12.6. The van der Waals surface area contributed by atoms with E-state index in [2.05, 4.69) is 16.8 Å². The molecule has 0 bridgehead atoms. The molecule has 3 saturated carbocycles. The van der Waals surface area contributed by atoms with Crippen molar-refractivity contribution in [1.29, 1.82) is 0 Å². The van der Waals surface area contributed by atoms with Gasteiger partial charge in [-0.3, -0.25) is 9.69 Å². The van der Waals surface area contributed by atoms with Crippen LogP contribution in [0.4, 0.5) is 26.3 Å². The van der Waals surface area contributed by atoms with Crippen LogP contribution < -0.4 is 0 Å². The minimum Gasteiger partial charge on any atom is -0.344 e. The highest BCUT2D eigenvalue weighted by Gasteiger charge is 2.51. The number of likely N-dealkylation sites (N-methyl/N-ethyl adjacent to an activating group) is 1. The molecule has 1 heterocycles.